The molecule has 2 rings (SSSR count). The third-order valence-electron chi connectivity index (χ3n) is 2.76. The SMILES string of the molecule is CC(C)(C)c1nc(S)n(-c2ccc(C(F)(F)F)cc2Cl)n1. The van der Waals surface area contributed by atoms with Gasteiger partial charge in [0.15, 0.2) is 11.0 Å². The van der Waals surface area contributed by atoms with Gasteiger partial charge in [0.1, 0.15) is 0 Å². The Bertz CT molecular complexity index is 674. The summed E-state index contributed by atoms with van der Waals surface area (Å²) < 4.78 is 39.2. The van der Waals surface area contributed by atoms with Crippen molar-refractivity contribution in [3.05, 3.63) is 34.6 Å². The second-order valence-electron chi connectivity index (χ2n) is 5.56. The van der Waals surface area contributed by atoms with Crippen LogP contribution in [0.15, 0.2) is 23.4 Å². The van der Waals surface area contributed by atoms with E-state index in [2.05, 4.69) is 22.7 Å². The maximum absolute atomic E-state index is 12.6. The monoisotopic (exact) mass is 335 g/mol. The third-order valence-corrected chi connectivity index (χ3v) is 3.36. The second kappa shape index (κ2) is 5.21. The van der Waals surface area contributed by atoms with E-state index in [1.165, 1.54) is 10.7 Å². The highest BCUT2D eigenvalue weighted by molar-refractivity contribution is 7.80. The number of halogens is 4. The first-order chi connectivity index (χ1) is 9.50. The van der Waals surface area contributed by atoms with Crippen LogP contribution in [0.3, 0.4) is 0 Å². The molecule has 0 aliphatic carbocycles. The number of benzene rings is 1. The minimum atomic E-state index is -4.44. The Labute approximate surface area is 130 Å². The van der Waals surface area contributed by atoms with Gasteiger partial charge in [-0.1, -0.05) is 32.4 Å². The molecule has 3 nitrogen and oxygen atoms in total. The van der Waals surface area contributed by atoms with E-state index in [1.807, 2.05) is 20.8 Å². The van der Waals surface area contributed by atoms with Gasteiger partial charge in [0.2, 0.25) is 0 Å². The molecule has 1 heterocycles. The molecule has 0 aliphatic rings. The van der Waals surface area contributed by atoms with Gasteiger partial charge in [-0.3, -0.25) is 0 Å². The van der Waals surface area contributed by atoms with Gasteiger partial charge in [-0.05, 0) is 18.2 Å². The van der Waals surface area contributed by atoms with E-state index in [1.54, 1.807) is 0 Å². The molecule has 0 bridgehead atoms. The van der Waals surface area contributed by atoms with Crippen molar-refractivity contribution in [2.75, 3.05) is 0 Å². The molecule has 21 heavy (non-hydrogen) atoms. The normalized spacial score (nSPS) is 12.8. The highest BCUT2D eigenvalue weighted by Gasteiger charge is 2.31. The fraction of sp³-hybridized carbons (Fsp3) is 0.385. The molecule has 2 aromatic rings. The summed E-state index contributed by atoms with van der Waals surface area (Å²) in [5.74, 6) is 0.531. The van der Waals surface area contributed by atoms with Gasteiger partial charge in [0.05, 0.1) is 16.3 Å². The van der Waals surface area contributed by atoms with Gasteiger partial charge >= 0.3 is 6.18 Å². The Hall–Kier alpha value is -1.21. The van der Waals surface area contributed by atoms with Crippen molar-refractivity contribution < 1.29 is 13.2 Å². The van der Waals surface area contributed by atoms with Crippen LogP contribution in [0.1, 0.15) is 32.2 Å². The summed E-state index contributed by atoms with van der Waals surface area (Å²) >= 11 is 10.1. The number of hydrogen-bond acceptors (Lipinski definition) is 3. The van der Waals surface area contributed by atoms with Crippen LogP contribution in [0.4, 0.5) is 13.2 Å². The fourth-order valence-electron chi connectivity index (χ4n) is 1.64. The molecule has 0 spiro atoms. The minimum absolute atomic E-state index is 0.0644. The number of thiol groups is 1. The molecule has 0 fully saturated rings. The van der Waals surface area contributed by atoms with Crippen LogP contribution in [-0.4, -0.2) is 14.8 Å². The molecular formula is C13H13ClF3N3S. The van der Waals surface area contributed by atoms with Crippen LogP contribution in [0.2, 0.25) is 5.02 Å². The van der Waals surface area contributed by atoms with Crippen LogP contribution in [0.25, 0.3) is 5.69 Å². The van der Waals surface area contributed by atoms with Crippen molar-refractivity contribution in [2.45, 2.75) is 37.5 Å². The molecular weight excluding hydrogens is 323 g/mol. The number of alkyl halides is 3. The molecule has 0 aliphatic heterocycles. The molecule has 0 radical (unpaired) electrons. The molecule has 0 N–H and O–H groups in total. The second-order valence-corrected chi connectivity index (χ2v) is 6.37. The van der Waals surface area contributed by atoms with Gasteiger partial charge < -0.3 is 0 Å². The quantitative estimate of drug-likeness (QED) is 0.776. The molecule has 114 valence electrons. The smallest absolute Gasteiger partial charge is 0.206 e. The van der Waals surface area contributed by atoms with E-state index in [4.69, 9.17) is 11.6 Å². The largest absolute Gasteiger partial charge is 0.416 e. The van der Waals surface area contributed by atoms with E-state index >= 15 is 0 Å². The lowest BCUT2D eigenvalue weighted by Crippen LogP contribution is -2.14. The zero-order valence-electron chi connectivity index (χ0n) is 11.5. The number of rotatable bonds is 1. The van der Waals surface area contributed by atoms with Gasteiger partial charge in [-0.25, -0.2) is 9.67 Å². The number of nitrogens with zero attached hydrogens (tertiary/aromatic N) is 3. The Balaban J connectivity index is 2.51. The van der Waals surface area contributed by atoms with E-state index in [9.17, 15) is 13.2 Å². The summed E-state index contributed by atoms with van der Waals surface area (Å²) in [6.45, 7) is 5.77. The molecule has 0 atom stereocenters. The van der Waals surface area contributed by atoms with Gasteiger partial charge in [0, 0.05) is 5.41 Å². The Kier molecular flexibility index (Phi) is 4.01. The van der Waals surface area contributed by atoms with Crippen molar-refractivity contribution in [3.63, 3.8) is 0 Å². The summed E-state index contributed by atoms with van der Waals surface area (Å²) in [4.78, 5) is 4.21. The predicted molar refractivity (Wildman–Crippen MR) is 77.3 cm³/mol. The lowest BCUT2D eigenvalue weighted by atomic mass is 9.96. The van der Waals surface area contributed by atoms with Crippen LogP contribution in [-0.2, 0) is 11.6 Å². The lowest BCUT2D eigenvalue weighted by molar-refractivity contribution is -0.137. The average molecular weight is 336 g/mol. The van der Waals surface area contributed by atoms with Crippen LogP contribution in [0, 0.1) is 0 Å². The highest BCUT2D eigenvalue weighted by atomic mass is 35.5. The van der Waals surface area contributed by atoms with E-state index in [0.29, 0.717) is 11.5 Å². The first kappa shape index (κ1) is 16.2. The van der Waals surface area contributed by atoms with E-state index in [-0.39, 0.29) is 15.6 Å². The maximum atomic E-state index is 12.6. The average Bonchev–Trinajstić information content (AvgIpc) is 2.70. The zero-order chi connectivity index (χ0) is 16.0. The number of hydrogen-bond donors (Lipinski definition) is 1. The fourth-order valence-corrected chi connectivity index (χ4v) is 2.15. The molecule has 1 aromatic heterocycles. The maximum Gasteiger partial charge on any atom is 0.416 e. The summed E-state index contributed by atoms with van der Waals surface area (Å²) in [6.07, 6.45) is -4.44. The Morgan fingerprint density at radius 2 is 1.81 bits per heavy atom. The van der Waals surface area contributed by atoms with Crippen LogP contribution < -0.4 is 0 Å². The van der Waals surface area contributed by atoms with Gasteiger partial charge in [-0.15, -0.1) is 17.7 Å². The van der Waals surface area contributed by atoms with Crippen molar-refractivity contribution in [1.82, 2.24) is 14.8 Å². The minimum Gasteiger partial charge on any atom is -0.206 e. The van der Waals surface area contributed by atoms with E-state index < -0.39 is 11.7 Å². The van der Waals surface area contributed by atoms with Crippen molar-refractivity contribution in [2.24, 2.45) is 0 Å². The lowest BCUT2D eigenvalue weighted by Gasteiger charge is -2.13. The van der Waals surface area contributed by atoms with Crippen LogP contribution in [0.5, 0.6) is 0 Å². The highest BCUT2D eigenvalue weighted by Crippen LogP contribution is 2.33. The molecule has 0 amide bonds. The molecule has 1 aromatic carbocycles. The number of aromatic nitrogens is 3. The van der Waals surface area contributed by atoms with E-state index in [0.717, 1.165) is 12.1 Å². The van der Waals surface area contributed by atoms with Gasteiger partial charge in [-0.2, -0.15) is 13.2 Å². The zero-order valence-corrected chi connectivity index (χ0v) is 13.2. The summed E-state index contributed by atoms with van der Waals surface area (Å²) in [6, 6.07) is 3.07. The summed E-state index contributed by atoms with van der Waals surface area (Å²) in [7, 11) is 0. The Morgan fingerprint density at radius 3 is 2.24 bits per heavy atom. The third kappa shape index (κ3) is 3.35. The van der Waals surface area contributed by atoms with Crippen molar-refractivity contribution >= 4 is 24.2 Å². The first-order valence-corrected chi connectivity index (χ1v) is 6.86. The van der Waals surface area contributed by atoms with Gasteiger partial charge in [0.25, 0.3) is 0 Å². The molecule has 0 saturated heterocycles. The predicted octanol–water partition coefficient (Wildman–Crippen LogP) is 4.53. The Morgan fingerprint density at radius 1 is 1.19 bits per heavy atom. The molecule has 8 heteroatoms. The topological polar surface area (TPSA) is 30.7 Å². The standard InChI is InChI=1S/C13H13ClF3N3S/c1-12(2,3)10-18-11(21)20(19-10)9-5-4-7(6-8(9)14)13(15,16)17/h4-6H,1-3H3,(H,18,19,21). The first-order valence-electron chi connectivity index (χ1n) is 6.04. The van der Waals surface area contributed by atoms with Crippen LogP contribution >= 0.6 is 24.2 Å². The van der Waals surface area contributed by atoms with Crippen molar-refractivity contribution in [3.8, 4) is 5.69 Å². The van der Waals surface area contributed by atoms with Crippen molar-refractivity contribution in [1.29, 1.82) is 0 Å². The molecule has 0 unspecified atom stereocenters. The summed E-state index contributed by atoms with van der Waals surface area (Å²) in [5, 5.41) is 4.47. The summed E-state index contributed by atoms with van der Waals surface area (Å²) in [5.41, 5.74) is -0.813. The molecule has 0 saturated carbocycles.